The molecule has 0 saturated heterocycles. The molecule has 15 heavy (non-hydrogen) atoms. The molecule has 0 saturated carbocycles. The Kier molecular flexibility index (Phi) is 11.2. The van der Waals surface area contributed by atoms with Gasteiger partial charge in [0.1, 0.15) is 0 Å². The van der Waals surface area contributed by atoms with Crippen LogP contribution in [0.1, 0.15) is 38.1 Å². The van der Waals surface area contributed by atoms with Crippen LogP contribution in [0.4, 0.5) is 5.69 Å². The van der Waals surface area contributed by atoms with E-state index in [-0.39, 0.29) is 0 Å². The summed E-state index contributed by atoms with van der Waals surface area (Å²) >= 11 is 0. The number of primary amides is 1. The van der Waals surface area contributed by atoms with E-state index >= 15 is 0 Å². The SMILES string of the molecule is CC.CC.NC(=O)c1ccc(NO)cc1. The van der Waals surface area contributed by atoms with Crippen LogP contribution in [-0.2, 0) is 0 Å². The number of nitrogens with two attached hydrogens (primary N) is 1. The molecule has 0 bridgehead atoms. The zero-order valence-electron chi connectivity index (χ0n) is 9.74. The Bertz CT molecular complexity index is 258. The van der Waals surface area contributed by atoms with Crippen molar-refractivity contribution in [1.82, 2.24) is 0 Å². The highest BCUT2D eigenvalue weighted by molar-refractivity contribution is 5.93. The normalized spacial score (nSPS) is 7.53. The summed E-state index contributed by atoms with van der Waals surface area (Å²) in [5, 5.41) is 8.40. The first-order valence-electron chi connectivity index (χ1n) is 5.04. The number of carbonyl (C=O) groups is 1. The topological polar surface area (TPSA) is 75.4 Å². The van der Waals surface area contributed by atoms with Crippen molar-refractivity contribution in [2.24, 2.45) is 5.73 Å². The van der Waals surface area contributed by atoms with E-state index in [9.17, 15) is 4.79 Å². The highest BCUT2D eigenvalue weighted by Crippen LogP contribution is 2.07. The van der Waals surface area contributed by atoms with Gasteiger partial charge in [-0.2, -0.15) is 0 Å². The third-order valence-electron chi connectivity index (χ3n) is 1.30. The fourth-order valence-corrected chi connectivity index (χ4v) is 0.709. The third-order valence-corrected chi connectivity index (χ3v) is 1.30. The molecule has 0 radical (unpaired) electrons. The minimum Gasteiger partial charge on any atom is -0.366 e. The molecule has 0 heterocycles. The van der Waals surface area contributed by atoms with E-state index in [1.54, 1.807) is 12.1 Å². The first kappa shape index (κ1) is 15.9. The zero-order chi connectivity index (χ0) is 12.3. The van der Waals surface area contributed by atoms with E-state index in [1.807, 2.05) is 33.2 Å². The minimum atomic E-state index is -0.477. The maximum atomic E-state index is 10.5. The minimum absolute atomic E-state index is 0.420. The molecule has 0 aromatic heterocycles. The lowest BCUT2D eigenvalue weighted by Crippen LogP contribution is -2.10. The van der Waals surface area contributed by atoms with Crippen LogP contribution in [0, 0.1) is 0 Å². The summed E-state index contributed by atoms with van der Waals surface area (Å²) in [6.45, 7) is 8.00. The van der Waals surface area contributed by atoms with Crippen LogP contribution >= 0.6 is 0 Å². The van der Waals surface area contributed by atoms with Crippen molar-refractivity contribution < 1.29 is 10.0 Å². The predicted molar refractivity (Wildman–Crippen MR) is 63.1 cm³/mol. The average Bonchev–Trinajstić information content (AvgIpc) is 2.34. The number of amides is 1. The molecule has 0 aliphatic rings. The number of rotatable bonds is 2. The smallest absolute Gasteiger partial charge is 0.248 e. The van der Waals surface area contributed by atoms with Gasteiger partial charge in [-0.15, -0.1) is 0 Å². The molecular formula is C11H20N2O2. The quantitative estimate of drug-likeness (QED) is 0.660. The van der Waals surface area contributed by atoms with Crippen molar-refractivity contribution in [2.75, 3.05) is 5.48 Å². The number of hydrogen-bond acceptors (Lipinski definition) is 3. The number of nitrogens with one attached hydrogen (secondary N) is 1. The Hall–Kier alpha value is -1.55. The number of carbonyl (C=O) groups excluding carboxylic acids is 1. The van der Waals surface area contributed by atoms with E-state index < -0.39 is 5.91 Å². The first-order chi connectivity index (χ1) is 7.24. The number of hydrogen-bond donors (Lipinski definition) is 3. The summed E-state index contributed by atoms with van der Waals surface area (Å²) in [6, 6.07) is 6.17. The molecule has 4 heteroatoms. The van der Waals surface area contributed by atoms with Crippen LogP contribution < -0.4 is 11.2 Å². The van der Waals surface area contributed by atoms with Gasteiger partial charge in [0.25, 0.3) is 0 Å². The van der Waals surface area contributed by atoms with Gasteiger partial charge in [0.2, 0.25) is 5.91 Å². The summed E-state index contributed by atoms with van der Waals surface area (Å²) in [5.41, 5.74) is 7.87. The monoisotopic (exact) mass is 212 g/mol. The molecule has 86 valence electrons. The molecule has 4 N–H and O–H groups in total. The van der Waals surface area contributed by atoms with Crippen LogP contribution in [0.15, 0.2) is 24.3 Å². The molecule has 0 spiro atoms. The molecule has 0 atom stereocenters. The van der Waals surface area contributed by atoms with Gasteiger partial charge in [0.15, 0.2) is 0 Å². The number of benzene rings is 1. The summed E-state index contributed by atoms with van der Waals surface area (Å²) < 4.78 is 0. The van der Waals surface area contributed by atoms with E-state index in [2.05, 4.69) is 0 Å². The lowest BCUT2D eigenvalue weighted by molar-refractivity contribution is 0.100. The van der Waals surface area contributed by atoms with Crippen molar-refractivity contribution >= 4 is 11.6 Å². The van der Waals surface area contributed by atoms with E-state index in [4.69, 9.17) is 10.9 Å². The molecule has 1 aromatic rings. The molecule has 0 fully saturated rings. The van der Waals surface area contributed by atoms with Crippen LogP contribution in [0.2, 0.25) is 0 Å². The molecule has 1 aromatic carbocycles. The molecule has 4 nitrogen and oxygen atoms in total. The molecule has 0 aliphatic heterocycles. The van der Waals surface area contributed by atoms with Gasteiger partial charge in [-0.25, -0.2) is 0 Å². The second kappa shape index (κ2) is 10.5. The maximum Gasteiger partial charge on any atom is 0.248 e. The van der Waals surface area contributed by atoms with E-state index in [1.165, 1.54) is 12.1 Å². The molecule has 1 amide bonds. The first-order valence-corrected chi connectivity index (χ1v) is 5.04. The predicted octanol–water partition coefficient (Wildman–Crippen LogP) is 2.64. The standard InChI is InChI=1S/C7H8N2O2.2C2H6/c8-7(10)5-1-3-6(9-11)4-2-5;2*1-2/h1-4,9,11H,(H2,8,10);2*1-2H3. The van der Waals surface area contributed by atoms with Gasteiger partial charge in [-0.05, 0) is 24.3 Å². The van der Waals surface area contributed by atoms with Crippen molar-refractivity contribution in [3.63, 3.8) is 0 Å². The molecule has 0 aliphatic carbocycles. The highest BCUT2D eigenvalue weighted by Gasteiger charge is 1.97. The van der Waals surface area contributed by atoms with E-state index in [0.29, 0.717) is 11.3 Å². The maximum absolute atomic E-state index is 10.5. The Labute approximate surface area is 91.1 Å². The second-order valence-corrected chi connectivity index (χ2v) is 2.05. The molecule has 1 rings (SSSR count). The van der Waals surface area contributed by atoms with Gasteiger partial charge >= 0.3 is 0 Å². The number of anilines is 1. The molecule has 0 unspecified atom stereocenters. The summed E-state index contributed by atoms with van der Waals surface area (Å²) in [7, 11) is 0. The van der Waals surface area contributed by atoms with Crippen molar-refractivity contribution in [3.8, 4) is 0 Å². The van der Waals surface area contributed by atoms with Gasteiger partial charge < -0.3 is 5.73 Å². The zero-order valence-corrected chi connectivity index (χ0v) is 9.74. The summed E-state index contributed by atoms with van der Waals surface area (Å²) in [6.07, 6.45) is 0. The Morgan fingerprint density at radius 3 is 1.80 bits per heavy atom. The summed E-state index contributed by atoms with van der Waals surface area (Å²) in [5.74, 6) is -0.477. The van der Waals surface area contributed by atoms with Crippen LogP contribution in [0.25, 0.3) is 0 Å². The van der Waals surface area contributed by atoms with Gasteiger partial charge in [-0.1, -0.05) is 27.7 Å². The average molecular weight is 212 g/mol. The Morgan fingerprint density at radius 2 is 1.53 bits per heavy atom. The van der Waals surface area contributed by atoms with E-state index in [0.717, 1.165) is 0 Å². The molecular weight excluding hydrogens is 192 g/mol. The van der Waals surface area contributed by atoms with Crippen molar-refractivity contribution in [2.45, 2.75) is 27.7 Å². The second-order valence-electron chi connectivity index (χ2n) is 2.05. The summed E-state index contributed by atoms with van der Waals surface area (Å²) in [4.78, 5) is 10.5. The van der Waals surface area contributed by atoms with Crippen LogP contribution in [-0.4, -0.2) is 11.1 Å². The van der Waals surface area contributed by atoms with Gasteiger partial charge in [-0.3, -0.25) is 15.5 Å². The van der Waals surface area contributed by atoms with Crippen LogP contribution in [0.3, 0.4) is 0 Å². The fourth-order valence-electron chi connectivity index (χ4n) is 0.709. The highest BCUT2D eigenvalue weighted by atomic mass is 16.5. The lowest BCUT2D eigenvalue weighted by Gasteiger charge is -1.98. The Balaban J connectivity index is 0. The van der Waals surface area contributed by atoms with Crippen molar-refractivity contribution in [3.05, 3.63) is 29.8 Å². The fraction of sp³-hybridized carbons (Fsp3) is 0.364. The van der Waals surface area contributed by atoms with Gasteiger partial charge in [0.05, 0.1) is 5.69 Å². The lowest BCUT2D eigenvalue weighted by atomic mass is 10.2. The van der Waals surface area contributed by atoms with Crippen molar-refractivity contribution in [1.29, 1.82) is 0 Å². The largest absolute Gasteiger partial charge is 0.366 e. The van der Waals surface area contributed by atoms with Gasteiger partial charge in [0, 0.05) is 5.56 Å². The Morgan fingerprint density at radius 1 is 1.13 bits per heavy atom. The third kappa shape index (κ3) is 6.51. The van der Waals surface area contributed by atoms with Crippen LogP contribution in [0.5, 0.6) is 0 Å².